The molecule has 0 aliphatic heterocycles. The van der Waals surface area contributed by atoms with Gasteiger partial charge in [-0.05, 0) is 29.4 Å². The number of hydrogen-bond donors (Lipinski definition) is 0. The van der Waals surface area contributed by atoms with E-state index in [9.17, 15) is 0 Å². The molecule has 0 unspecified atom stereocenters. The van der Waals surface area contributed by atoms with Crippen LogP contribution in [0.4, 0.5) is 0 Å². The third-order valence-corrected chi connectivity index (χ3v) is 4.44. The summed E-state index contributed by atoms with van der Waals surface area (Å²) in [5.41, 5.74) is 2.86. The molecule has 0 saturated heterocycles. The highest BCUT2D eigenvalue weighted by molar-refractivity contribution is 9.09. The van der Waals surface area contributed by atoms with E-state index in [1.54, 1.807) is 0 Å². The average Bonchev–Trinajstić information content (AvgIpc) is 2.26. The van der Waals surface area contributed by atoms with Gasteiger partial charge in [0.2, 0.25) is 0 Å². The number of halogens is 2. The molecule has 0 nitrogen and oxygen atoms in total. The Kier molecular flexibility index (Phi) is 5.91. The van der Waals surface area contributed by atoms with Crippen molar-refractivity contribution in [3.63, 3.8) is 0 Å². The van der Waals surface area contributed by atoms with E-state index in [1.165, 1.54) is 11.1 Å². The van der Waals surface area contributed by atoms with Gasteiger partial charge < -0.3 is 0 Å². The Morgan fingerprint density at radius 3 is 1.93 bits per heavy atom. The van der Waals surface area contributed by atoms with Gasteiger partial charge in [-0.2, -0.15) is 0 Å². The van der Waals surface area contributed by atoms with Crippen molar-refractivity contribution in [1.29, 1.82) is 0 Å². The van der Waals surface area contributed by atoms with Crippen LogP contribution in [0.2, 0.25) is 0 Å². The van der Waals surface area contributed by atoms with Crippen molar-refractivity contribution in [2.24, 2.45) is 5.92 Å². The lowest BCUT2D eigenvalue weighted by molar-refractivity contribution is 0.679. The normalized spacial score (nSPS) is 11.3. The number of rotatable bonds is 5. The predicted octanol–water partition coefficient (Wildman–Crippen LogP) is 4.76. The molecule has 0 spiro atoms. The molecular formula is C13H18Br2. The fourth-order valence-electron chi connectivity index (χ4n) is 1.52. The minimum atomic E-state index is 0.627. The molecule has 0 bridgehead atoms. The van der Waals surface area contributed by atoms with Gasteiger partial charge in [0.25, 0.3) is 0 Å². The molecule has 2 heteroatoms. The van der Waals surface area contributed by atoms with E-state index in [0.29, 0.717) is 11.8 Å². The summed E-state index contributed by atoms with van der Waals surface area (Å²) in [6, 6.07) is 9.01. The molecule has 1 rings (SSSR count). The quantitative estimate of drug-likeness (QED) is 0.681. The van der Waals surface area contributed by atoms with Crippen LogP contribution in [0.5, 0.6) is 0 Å². The van der Waals surface area contributed by atoms with E-state index >= 15 is 0 Å². The second-order valence-electron chi connectivity index (χ2n) is 4.28. The minimum Gasteiger partial charge on any atom is -0.0925 e. The van der Waals surface area contributed by atoms with Crippen LogP contribution in [0.3, 0.4) is 0 Å². The van der Waals surface area contributed by atoms with Crippen LogP contribution in [-0.4, -0.2) is 10.7 Å². The molecule has 0 amide bonds. The van der Waals surface area contributed by atoms with Gasteiger partial charge >= 0.3 is 0 Å². The molecular weight excluding hydrogens is 316 g/mol. The summed E-state index contributed by atoms with van der Waals surface area (Å²) in [6.45, 7) is 4.46. The molecule has 0 fully saturated rings. The monoisotopic (exact) mass is 332 g/mol. The van der Waals surface area contributed by atoms with Crippen molar-refractivity contribution in [3.8, 4) is 0 Å². The Balaban J connectivity index is 2.63. The molecule has 84 valence electrons. The van der Waals surface area contributed by atoms with Gasteiger partial charge in [0, 0.05) is 10.7 Å². The van der Waals surface area contributed by atoms with Gasteiger partial charge in [-0.3, -0.25) is 0 Å². The van der Waals surface area contributed by atoms with Crippen molar-refractivity contribution in [1.82, 2.24) is 0 Å². The van der Waals surface area contributed by atoms with E-state index in [1.807, 2.05) is 0 Å². The van der Waals surface area contributed by atoms with Crippen molar-refractivity contribution >= 4 is 31.9 Å². The van der Waals surface area contributed by atoms with Crippen LogP contribution in [-0.2, 0) is 6.42 Å². The van der Waals surface area contributed by atoms with Gasteiger partial charge in [0.1, 0.15) is 0 Å². The lowest BCUT2D eigenvalue weighted by atomic mass is 9.98. The first-order valence-electron chi connectivity index (χ1n) is 5.38. The maximum Gasteiger partial charge on any atom is 0.00708 e. The molecule has 15 heavy (non-hydrogen) atoms. The fourth-order valence-corrected chi connectivity index (χ4v) is 3.05. The van der Waals surface area contributed by atoms with Crippen molar-refractivity contribution in [2.75, 3.05) is 10.7 Å². The third kappa shape index (κ3) is 4.28. The zero-order valence-electron chi connectivity index (χ0n) is 9.34. The highest BCUT2D eigenvalue weighted by Crippen LogP contribution is 2.18. The summed E-state index contributed by atoms with van der Waals surface area (Å²) in [5, 5.41) is 2.12. The summed E-state index contributed by atoms with van der Waals surface area (Å²) >= 11 is 7.08. The lowest BCUT2D eigenvalue weighted by Crippen LogP contribution is -2.07. The lowest BCUT2D eigenvalue weighted by Gasteiger charge is -2.11. The van der Waals surface area contributed by atoms with Crippen molar-refractivity contribution in [3.05, 3.63) is 35.4 Å². The Morgan fingerprint density at radius 2 is 1.53 bits per heavy atom. The predicted molar refractivity (Wildman–Crippen MR) is 75.3 cm³/mol. The highest BCUT2D eigenvalue weighted by Gasteiger charge is 2.06. The number of hydrogen-bond acceptors (Lipinski definition) is 0. The van der Waals surface area contributed by atoms with Gasteiger partial charge in [-0.25, -0.2) is 0 Å². The number of benzene rings is 1. The van der Waals surface area contributed by atoms with Crippen LogP contribution >= 0.6 is 31.9 Å². The molecule has 0 saturated carbocycles. The van der Waals surface area contributed by atoms with E-state index in [0.717, 1.165) is 17.1 Å². The second-order valence-corrected chi connectivity index (χ2v) is 5.57. The van der Waals surface area contributed by atoms with Crippen LogP contribution in [0.15, 0.2) is 24.3 Å². The molecule has 0 heterocycles. The smallest absolute Gasteiger partial charge is 0.00708 e. The SMILES string of the molecule is CC(C)c1ccc(CC(CBr)CBr)cc1. The standard InChI is InChI=1S/C13H18Br2/c1-10(2)13-5-3-11(4-6-13)7-12(8-14)9-15/h3-6,10,12H,7-9H2,1-2H3. The van der Waals surface area contributed by atoms with Gasteiger partial charge in [0.05, 0.1) is 0 Å². The van der Waals surface area contributed by atoms with Gasteiger partial charge in [-0.1, -0.05) is 70.0 Å². The molecule has 0 aromatic heterocycles. The second kappa shape index (κ2) is 6.70. The zero-order valence-corrected chi connectivity index (χ0v) is 12.5. The fraction of sp³-hybridized carbons (Fsp3) is 0.538. The largest absolute Gasteiger partial charge is 0.0925 e. The van der Waals surface area contributed by atoms with E-state index in [-0.39, 0.29) is 0 Å². The maximum absolute atomic E-state index is 3.54. The van der Waals surface area contributed by atoms with Crippen LogP contribution in [0.1, 0.15) is 30.9 Å². The summed E-state index contributed by atoms with van der Waals surface area (Å²) in [7, 11) is 0. The van der Waals surface area contributed by atoms with E-state index in [4.69, 9.17) is 0 Å². The summed E-state index contributed by atoms with van der Waals surface area (Å²) < 4.78 is 0. The zero-order chi connectivity index (χ0) is 11.3. The summed E-state index contributed by atoms with van der Waals surface area (Å²) in [4.78, 5) is 0. The Labute approximate surface area is 110 Å². The Bertz CT molecular complexity index is 273. The van der Waals surface area contributed by atoms with Gasteiger partial charge in [0.15, 0.2) is 0 Å². The van der Waals surface area contributed by atoms with Crippen LogP contribution in [0, 0.1) is 5.92 Å². The van der Waals surface area contributed by atoms with Crippen LogP contribution < -0.4 is 0 Å². The number of alkyl halides is 2. The minimum absolute atomic E-state index is 0.627. The van der Waals surface area contributed by atoms with Gasteiger partial charge in [-0.15, -0.1) is 0 Å². The molecule has 0 N–H and O–H groups in total. The molecule has 0 aliphatic rings. The molecule has 0 aliphatic carbocycles. The molecule has 0 radical (unpaired) electrons. The van der Waals surface area contributed by atoms with E-state index < -0.39 is 0 Å². The summed E-state index contributed by atoms with van der Waals surface area (Å²) in [5.74, 6) is 1.32. The maximum atomic E-state index is 3.54. The topological polar surface area (TPSA) is 0 Å². The Morgan fingerprint density at radius 1 is 1.00 bits per heavy atom. The first-order valence-corrected chi connectivity index (χ1v) is 7.62. The van der Waals surface area contributed by atoms with Crippen LogP contribution in [0.25, 0.3) is 0 Å². The molecule has 0 atom stereocenters. The van der Waals surface area contributed by atoms with Crippen molar-refractivity contribution in [2.45, 2.75) is 26.2 Å². The first-order chi connectivity index (χ1) is 7.17. The average molecular weight is 334 g/mol. The van der Waals surface area contributed by atoms with Crippen molar-refractivity contribution < 1.29 is 0 Å². The summed E-state index contributed by atoms with van der Waals surface area (Å²) in [6.07, 6.45) is 1.15. The first kappa shape index (κ1) is 13.2. The van der Waals surface area contributed by atoms with E-state index in [2.05, 4.69) is 70.0 Å². The molecule has 1 aromatic rings. The molecule has 1 aromatic carbocycles. The highest BCUT2D eigenvalue weighted by atomic mass is 79.9. The Hall–Kier alpha value is 0.180. The third-order valence-electron chi connectivity index (χ3n) is 2.61.